The van der Waals surface area contributed by atoms with Crippen molar-refractivity contribution in [3.05, 3.63) is 72.3 Å². The number of benzene rings is 3. The summed E-state index contributed by atoms with van der Waals surface area (Å²) in [7, 11) is 1.67. The predicted octanol–water partition coefficient (Wildman–Crippen LogP) is 4.09. The van der Waals surface area contributed by atoms with E-state index in [0.29, 0.717) is 6.54 Å². The normalized spacial score (nSPS) is 18.1. The number of carbonyl (C=O) groups excluding carboxylic acids is 1. The third kappa shape index (κ3) is 3.40. The third-order valence-electron chi connectivity index (χ3n) is 5.38. The van der Waals surface area contributed by atoms with E-state index in [9.17, 15) is 4.79 Å². The molecule has 0 saturated carbocycles. The summed E-state index contributed by atoms with van der Waals surface area (Å²) >= 11 is 0. The standard InChI is InChI=1S/C23H24N2O2/c1-17-23(26)25(22-9-5-7-19-6-3-4-8-21(19)22)15-14-24(17)16-18-10-12-20(27-2)13-11-18/h3-13,17H,14-16H2,1-2H3. The van der Waals surface area contributed by atoms with Crippen molar-refractivity contribution in [2.24, 2.45) is 0 Å². The predicted molar refractivity (Wildman–Crippen MR) is 109 cm³/mol. The summed E-state index contributed by atoms with van der Waals surface area (Å²) in [6, 6.07) is 22.3. The van der Waals surface area contributed by atoms with Crippen LogP contribution in [0.3, 0.4) is 0 Å². The highest BCUT2D eigenvalue weighted by Crippen LogP contribution is 2.29. The summed E-state index contributed by atoms with van der Waals surface area (Å²) in [5.41, 5.74) is 2.20. The van der Waals surface area contributed by atoms with Gasteiger partial charge in [-0.25, -0.2) is 0 Å². The lowest BCUT2D eigenvalue weighted by Gasteiger charge is -2.39. The Morgan fingerprint density at radius 1 is 0.963 bits per heavy atom. The van der Waals surface area contributed by atoms with Gasteiger partial charge >= 0.3 is 0 Å². The van der Waals surface area contributed by atoms with Crippen LogP contribution >= 0.6 is 0 Å². The molecule has 4 nitrogen and oxygen atoms in total. The summed E-state index contributed by atoms with van der Waals surface area (Å²) in [6.07, 6.45) is 0. The number of hydrogen-bond acceptors (Lipinski definition) is 3. The number of methoxy groups -OCH3 is 1. The number of fused-ring (bicyclic) bond motifs is 1. The Hall–Kier alpha value is -2.85. The van der Waals surface area contributed by atoms with E-state index in [1.54, 1.807) is 7.11 Å². The Morgan fingerprint density at radius 2 is 1.70 bits per heavy atom. The molecule has 1 aliphatic rings. The third-order valence-corrected chi connectivity index (χ3v) is 5.38. The molecule has 0 radical (unpaired) electrons. The van der Waals surface area contributed by atoms with Crippen LogP contribution < -0.4 is 9.64 Å². The maximum absolute atomic E-state index is 13.1. The monoisotopic (exact) mass is 360 g/mol. The lowest BCUT2D eigenvalue weighted by Crippen LogP contribution is -2.55. The second-order valence-electron chi connectivity index (χ2n) is 6.98. The van der Waals surface area contributed by atoms with E-state index in [-0.39, 0.29) is 11.9 Å². The second kappa shape index (κ2) is 7.41. The minimum atomic E-state index is -0.153. The topological polar surface area (TPSA) is 32.8 Å². The molecule has 1 unspecified atom stereocenters. The van der Waals surface area contributed by atoms with Gasteiger partial charge in [0.1, 0.15) is 5.75 Å². The molecule has 0 aliphatic carbocycles. The van der Waals surface area contributed by atoms with Crippen LogP contribution in [0.4, 0.5) is 5.69 Å². The van der Waals surface area contributed by atoms with Crippen LogP contribution in [0.15, 0.2) is 66.7 Å². The van der Waals surface area contributed by atoms with Crippen molar-refractivity contribution in [2.75, 3.05) is 25.1 Å². The number of hydrogen-bond donors (Lipinski definition) is 0. The van der Waals surface area contributed by atoms with Gasteiger partial charge in [-0.3, -0.25) is 9.69 Å². The SMILES string of the molecule is COc1ccc(CN2CCN(c3cccc4ccccc34)C(=O)C2C)cc1. The molecular weight excluding hydrogens is 336 g/mol. The van der Waals surface area contributed by atoms with Gasteiger partial charge in [0.15, 0.2) is 0 Å². The van der Waals surface area contributed by atoms with E-state index in [2.05, 4.69) is 35.2 Å². The average molecular weight is 360 g/mol. The number of amides is 1. The Kier molecular flexibility index (Phi) is 4.82. The van der Waals surface area contributed by atoms with Crippen LogP contribution in [0, 0.1) is 0 Å². The van der Waals surface area contributed by atoms with Crippen molar-refractivity contribution in [1.82, 2.24) is 4.90 Å². The zero-order chi connectivity index (χ0) is 18.8. The van der Waals surface area contributed by atoms with Gasteiger partial charge in [0.2, 0.25) is 5.91 Å². The molecule has 1 amide bonds. The first-order chi connectivity index (χ1) is 13.2. The molecule has 0 bridgehead atoms. The molecule has 3 aromatic rings. The van der Waals surface area contributed by atoms with Gasteiger partial charge in [0.05, 0.1) is 18.8 Å². The zero-order valence-corrected chi connectivity index (χ0v) is 15.8. The van der Waals surface area contributed by atoms with E-state index in [0.717, 1.165) is 35.3 Å². The summed E-state index contributed by atoms with van der Waals surface area (Å²) in [5.74, 6) is 1.01. The molecule has 0 N–H and O–H groups in total. The van der Waals surface area contributed by atoms with Crippen molar-refractivity contribution < 1.29 is 9.53 Å². The van der Waals surface area contributed by atoms with Crippen LogP contribution in [0.1, 0.15) is 12.5 Å². The van der Waals surface area contributed by atoms with Crippen LogP contribution in [0.25, 0.3) is 10.8 Å². The molecule has 3 aromatic carbocycles. The van der Waals surface area contributed by atoms with Gasteiger partial charge in [-0.05, 0) is 36.1 Å². The molecule has 1 heterocycles. The van der Waals surface area contributed by atoms with Crippen LogP contribution in [-0.4, -0.2) is 37.0 Å². The molecule has 27 heavy (non-hydrogen) atoms. The molecule has 1 saturated heterocycles. The summed E-state index contributed by atoms with van der Waals surface area (Å²) in [4.78, 5) is 17.3. The Labute approximate surface area is 160 Å². The molecule has 4 heteroatoms. The number of piperazine rings is 1. The van der Waals surface area contributed by atoms with E-state index in [4.69, 9.17) is 4.74 Å². The molecule has 0 aromatic heterocycles. The van der Waals surface area contributed by atoms with Gasteiger partial charge in [-0.2, -0.15) is 0 Å². The van der Waals surface area contributed by atoms with Crippen molar-refractivity contribution in [3.63, 3.8) is 0 Å². The lowest BCUT2D eigenvalue weighted by molar-refractivity contribution is -0.125. The number of nitrogens with zero attached hydrogens (tertiary/aromatic N) is 2. The average Bonchev–Trinajstić information content (AvgIpc) is 2.72. The van der Waals surface area contributed by atoms with Crippen LogP contribution in [0.2, 0.25) is 0 Å². The van der Waals surface area contributed by atoms with Gasteiger partial charge in [0, 0.05) is 25.0 Å². The Morgan fingerprint density at radius 3 is 2.48 bits per heavy atom. The number of ether oxygens (including phenoxy) is 1. The largest absolute Gasteiger partial charge is 0.497 e. The highest BCUT2D eigenvalue weighted by molar-refractivity contribution is 6.05. The maximum Gasteiger partial charge on any atom is 0.244 e. The smallest absolute Gasteiger partial charge is 0.244 e. The molecule has 1 aliphatic heterocycles. The van der Waals surface area contributed by atoms with Crippen molar-refractivity contribution in [3.8, 4) is 5.75 Å². The van der Waals surface area contributed by atoms with E-state index < -0.39 is 0 Å². The van der Waals surface area contributed by atoms with Gasteiger partial charge in [-0.1, -0.05) is 48.5 Å². The second-order valence-corrected chi connectivity index (χ2v) is 6.98. The summed E-state index contributed by atoms with van der Waals surface area (Å²) in [5, 5.41) is 2.29. The van der Waals surface area contributed by atoms with E-state index in [1.165, 1.54) is 5.56 Å². The van der Waals surface area contributed by atoms with E-state index in [1.807, 2.05) is 48.2 Å². The highest BCUT2D eigenvalue weighted by Gasteiger charge is 2.32. The maximum atomic E-state index is 13.1. The van der Waals surface area contributed by atoms with Crippen molar-refractivity contribution >= 4 is 22.4 Å². The van der Waals surface area contributed by atoms with Crippen molar-refractivity contribution in [1.29, 1.82) is 0 Å². The minimum absolute atomic E-state index is 0.153. The van der Waals surface area contributed by atoms with Gasteiger partial charge in [0.25, 0.3) is 0 Å². The fourth-order valence-electron chi connectivity index (χ4n) is 3.78. The fraction of sp³-hybridized carbons (Fsp3) is 0.261. The minimum Gasteiger partial charge on any atom is -0.497 e. The summed E-state index contributed by atoms with van der Waals surface area (Å²) in [6.45, 7) is 4.32. The van der Waals surface area contributed by atoms with Crippen molar-refractivity contribution in [2.45, 2.75) is 19.5 Å². The summed E-state index contributed by atoms with van der Waals surface area (Å²) < 4.78 is 5.22. The van der Waals surface area contributed by atoms with Crippen LogP contribution in [-0.2, 0) is 11.3 Å². The molecule has 1 atom stereocenters. The number of carbonyl (C=O) groups is 1. The highest BCUT2D eigenvalue weighted by atomic mass is 16.5. The lowest BCUT2D eigenvalue weighted by atomic mass is 10.1. The number of anilines is 1. The first kappa shape index (κ1) is 17.6. The quantitative estimate of drug-likeness (QED) is 0.703. The molecule has 0 spiro atoms. The number of rotatable bonds is 4. The Balaban J connectivity index is 1.54. The fourth-order valence-corrected chi connectivity index (χ4v) is 3.78. The molecule has 4 rings (SSSR count). The van der Waals surface area contributed by atoms with Gasteiger partial charge < -0.3 is 9.64 Å². The van der Waals surface area contributed by atoms with Crippen LogP contribution in [0.5, 0.6) is 5.75 Å². The zero-order valence-electron chi connectivity index (χ0n) is 15.8. The molecule has 138 valence electrons. The molecule has 1 fully saturated rings. The first-order valence-electron chi connectivity index (χ1n) is 9.33. The molecular formula is C23H24N2O2. The van der Waals surface area contributed by atoms with Gasteiger partial charge in [-0.15, -0.1) is 0 Å². The van der Waals surface area contributed by atoms with E-state index >= 15 is 0 Å². The first-order valence-corrected chi connectivity index (χ1v) is 9.33. The Bertz CT molecular complexity index is 947.